The third kappa shape index (κ3) is 2.17. The van der Waals surface area contributed by atoms with Crippen LogP contribution in [-0.4, -0.2) is 4.98 Å². The molecule has 0 aliphatic carbocycles. The van der Waals surface area contributed by atoms with Crippen LogP contribution in [0.1, 0.15) is 5.69 Å². The molecule has 2 N–H and O–H groups in total. The molecular weight excluding hydrogens is 218 g/mol. The fourth-order valence-corrected chi connectivity index (χ4v) is 1.08. The summed E-state index contributed by atoms with van der Waals surface area (Å²) in [6.45, 7) is 0.179. The Balaban J connectivity index is 2.22. The van der Waals surface area contributed by atoms with E-state index >= 15 is 0 Å². The van der Waals surface area contributed by atoms with E-state index in [4.69, 9.17) is 14.9 Å². The van der Waals surface area contributed by atoms with Crippen molar-refractivity contribution in [1.29, 1.82) is 0 Å². The lowest BCUT2D eigenvalue weighted by Crippen LogP contribution is -1.96. The summed E-state index contributed by atoms with van der Waals surface area (Å²) in [5.41, 5.74) is 5.76. The highest BCUT2D eigenvalue weighted by molar-refractivity contribution is 5.27. The van der Waals surface area contributed by atoms with Crippen molar-refractivity contribution in [3.63, 3.8) is 0 Å². The van der Waals surface area contributed by atoms with Crippen molar-refractivity contribution >= 4 is 0 Å². The summed E-state index contributed by atoms with van der Waals surface area (Å²) in [7, 11) is 0. The summed E-state index contributed by atoms with van der Waals surface area (Å²) < 4.78 is 35.7. The zero-order valence-corrected chi connectivity index (χ0v) is 8.11. The van der Waals surface area contributed by atoms with E-state index in [0.717, 1.165) is 18.2 Å². The van der Waals surface area contributed by atoms with Crippen molar-refractivity contribution < 1.29 is 17.9 Å². The zero-order chi connectivity index (χ0) is 11.5. The molecular formula is C10H8F2N2O2. The van der Waals surface area contributed by atoms with Crippen LogP contribution < -0.4 is 10.5 Å². The molecule has 1 heterocycles. The number of nitrogens with two attached hydrogens (primary N) is 1. The van der Waals surface area contributed by atoms with Crippen LogP contribution in [0.2, 0.25) is 0 Å². The SMILES string of the molecule is NCc1coc(Oc2cc(F)ccc2F)n1. The number of ether oxygens (including phenoxy) is 1. The van der Waals surface area contributed by atoms with Crippen LogP contribution in [0.15, 0.2) is 28.9 Å². The topological polar surface area (TPSA) is 61.3 Å². The molecule has 6 heteroatoms. The molecule has 16 heavy (non-hydrogen) atoms. The number of hydrogen-bond acceptors (Lipinski definition) is 4. The van der Waals surface area contributed by atoms with Gasteiger partial charge in [-0.15, -0.1) is 0 Å². The Hall–Kier alpha value is -1.95. The number of oxazole rings is 1. The Kier molecular flexibility index (Phi) is 2.82. The van der Waals surface area contributed by atoms with Crippen LogP contribution in [0, 0.1) is 11.6 Å². The fraction of sp³-hybridized carbons (Fsp3) is 0.100. The van der Waals surface area contributed by atoms with Gasteiger partial charge in [-0.05, 0) is 12.1 Å². The summed E-state index contributed by atoms with van der Waals surface area (Å²) >= 11 is 0. The Labute approximate surface area is 89.7 Å². The molecule has 0 bridgehead atoms. The Morgan fingerprint density at radius 3 is 2.88 bits per heavy atom. The molecule has 0 aliphatic heterocycles. The van der Waals surface area contributed by atoms with Gasteiger partial charge in [0.1, 0.15) is 12.1 Å². The molecule has 0 saturated carbocycles. The van der Waals surface area contributed by atoms with Gasteiger partial charge in [0.15, 0.2) is 11.6 Å². The van der Waals surface area contributed by atoms with E-state index in [2.05, 4.69) is 4.98 Å². The first-order valence-electron chi connectivity index (χ1n) is 4.46. The molecule has 1 aromatic carbocycles. The number of halogens is 2. The van der Waals surface area contributed by atoms with E-state index in [-0.39, 0.29) is 18.4 Å². The Morgan fingerprint density at radius 2 is 2.19 bits per heavy atom. The predicted molar refractivity (Wildman–Crippen MR) is 50.8 cm³/mol. The van der Waals surface area contributed by atoms with Crippen molar-refractivity contribution in [2.24, 2.45) is 5.73 Å². The molecule has 0 aliphatic rings. The van der Waals surface area contributed by atoms with E-state index in [1.165, 1.54) is 6.26 Å². The molecule has 84 valence electrons. The molecule has 2 rings (SSSR count). The molecule has 0 spiro atoms. The van der Waals surface area contributed by atoms with Crippen molar-refractivity contribution in [1.82, 2.24) is 4.98 Å². The number of rotatable bonds is 3. The quantitative estimate of drug-likeness (QED) is 0.871. The van der Waals surface area contributed by atoms with E-state index in [1.54, 1.807) is 0 Å². The van der Waals surface area contributed by atoms with Crippen molar-refractivity contribution in [3.8, 4) is 11.8 Å². The maximum atomic E-state index is 13.2. The predicted octanol–water partition coefficient (Wildman–Crippen LogP) is 2.20. The second-order valence-electron chi connectivity index (χ2n) is 2.99. The Bertz CT molecular complexity index is 499. The molecule has 1 aromatic heterocycles. The molecule has 0 unspecified atom stereocenters. The average molecular weight is 226 g/mol. The van der Waals surface area contributed by atoms with Gasteiger partial charge in [0.05, 0.1) is 5.69 Å². The lowest BCUT2D eigenvalue weighted by molar-refractivity contribution is 0.316. The van der Waals surface area contributed by atoms with Crippen molar-refractivity contribution in [2.75, 3.05) is 0 Å². The van der Waals surface area contributed by atoms with Gasteiger partial charge in [-0.3, -0.25) is 0 Å². The second-order valence-corrected chi connectivity index (χ2v) is 2.99. The molecule has 0 saturated heterocycles. The first-order chi connectivity index (χ1) is 7.69. The zero-order valence-electron chi connectivity index (χ0n) is 8.11. The minimum absolute atomic E-state index is 0.176. The lowest BCUT2D eigenvalue weighted by Gasteiger charge is -2.01. The molecule has 4 nitrogen and oxygen atoms in total. The summed E-state index contributed by atoms with van der Waals surface area (Å²) in [6.07, 6.45) is 1.11. The molecule has 0 amide bonds. The number of benzene rings is 1. The standard InChI is InChI=1S/C10H8F2N2O2/c11-6-1-2-8(12)9(3-6)16-10-14-7(4-13)5-15-10/h1-3,5H,4,13H2. The van der Waals surface area contributed by atoms with Crippen LogP contribution in [0.4, 0.5) is 8.78 Å². The summed E-state index contributed by atoms with van der Waals surface area (Å²) in [5.74, 6) is -1.60. The maximum absolute atomic E-state index is 13.2. The number of aromatic nitrogens is 1. The number of hydrogen-bond donors (Lipinski definition) is 1. The van der Waals surface area contributed by atoms with Gasteiger partial charge in [-0.2, -0.15) is 4.98 Å². The maximum Gasteiger partial charge on any atom is 0.399 e. The van der Waals surface area contributed by atoms with Gasteiger partial charge in [0.2, 0.25) is 0 Å². The number of nitrogens with zero attached hydrogens (tertiary/aromatic N) is 1. The second kappa shape index (κ2) is 4.28. The normalized spacial score (nSPS) is 10.4. The van der Waals surface area contributed by atoms with Gasteiger partial charge < -0.3 is 14.9 Å². The third-order valence-electron chi connectivity index (χ3n) is 1.83. The van der Waals surface area contributed by atoms with E-state index in [1.807, 2.05) is 0 Å². The van der Waals surface area contributed by atoms with Crippen LogP contribution in [-0.2, 0) is 6.54 Å². The molecule has 0 radical (unpaired) electrons. The monoisotopic (exact) mass is 226 g/mol. The molecule has 2 aromatic rings. The van der Waals surface area contributed by atoms with Crippen LogP contribution in [0.25, 0.3) is 0 Å². The molecule has 0 fully saturated rings. The lowest BCUT2D eigenvalue weighted by atomic mass is 10.3. The Morgan fingerprint density at radius 1 is 1.38 bits per heavy atom. The van der Waals surface area contributed by atoms with E-state index in [9.17, 15) is 8.78 Å². The fourth-order valence-electron chi connectivity index (χ4n) is 1.08. The summed E-state index contributed by atoms with van der Waals surface area (Å²) in [6, 6.07) is 2.85. The van der Waals surface area contributed by atoms with Gasteiger partial charge in [0.25, 0.3) is 0 Å². The van der Waals surface area contributed by atoms with Gasteiger partial charge in [0, 0.05) is 12.6 Å². The highest BCUT2D eigenvalue weighted by atomic mass is 19.1. The van der Waals surface area contributed by atoms with Gasteiger partial charge >= 0.3 is 6.08 Å². The van der Waals surface area contributed by atoms with Crippen LogP contribution in [0.5, 0.6) is 11.8 Å². The summed E-state index contributed by atoms with van der Waals surface area (Å²) in [4.78, 5) is 3.79. The van der Waals surface area contributed by atoms with Crippen LogP contribution in [0.3, 0.4) is 0 Å². The van der Waals surface area contributed by atoms with Crippen LogP contribution >= 0.6 is 0 Å². The highest BCUT2D eigenvalue weighted by Gasteiger charge is 2.10. The van der Waals surface area contributed by atoms with Gasteiger partial charge in [-0.1, -0.05) is 0 Å². The smallest absolute Gasteiger partial charge is 0.399 e. The van der Waals surface area contributed by atoms with Gasteiger partial charge in [-0.25, -0.2) is 8.78 Å². The average Bonchev–Trinajstić information content (AvgIpc) is 2.71. The minimum Gasteiger partial charge on any atom is -0.417 e. The first-order valence-corrected chi connectivity index (χ1v) is 4.46. The summed E-state index contributed by atoms with van der Waals surface area (Å²) in [5, 5.41) is 0. The minimum atomic E-state index is -0.700. The molecule has 0 atom stereocenters. The largest absolute Gasteiger partial charge is 0.417 e. The van der Waals surface area contributed by atoms with E-state index in [0.29, 0.717) is 5.69 Å². The first kappa shape index (κ1) is 10.6. The van der Waals surface area contributed by atoms with E-state index < -0.39 is 11.6 Å². The van der Waals surface area contributed by atoms with Crippen molar-refractivity contribution in [3.05, 3.63) is 41.8 Å². The third-order valence-corrected chi connectivity index (χ3v) is 1.83. The van der Waals surface area contributed by atoms with Crippen molar-refractivity contribution in [2.45, 2.75) is 6.54 Å². The highest BCUT2D eigenvalue weighted by Crippen LogP contribution is 2.24.